The Labute approximate surface area is 342 Å². The number of halogens is 2. The van der Waals surface area contributed by atoms with Gasteiger partial charge in [-0.05, 0) is 97.4 Å². The number of aromatic nitrogens is 1. The lowest BCUT2D eigenvalue weighted by atomic mass is 9.98. The van der Waals surface area contributed by atoms with Crippen molar-refractivity contribution in [2.75, 3.05) is 6.61 Å². The molecule has 4 heterocycles. The van der Waals surface area contributed by atoms with E-state index in [2.05, 4.69) is 15.0 Å². The van der Waals surface area contributed by atoms with Crippen molar-refractivity contribution in [1.82, 2.24) is 24.8 Å². The van der Waals surface area contributed by atoms with Crippen molar-refractivity contribution in [3.05, 3.63) is 42.0 Å². The molecule has 18 heteroatoms. The number of nitrogens with zero attached hydrogens (tertiary/aromatic N) is 3. The number of benzene rings is 1. The molecule has 2 aromatic rings. The Morgan fingerprint density at radius 1 is 1.15 bits per heavy atom. The van der Waals surface area contributed by atoms with Crippen LogP contribution < -0.4 is 19.5 Å². The van der Waals surface area contributed by atoms with Crippen LogP contribution in [0.2, 0.25) is 0 Å². The number of alkyl halides is 2. The standard InChI is InChI=1S/C41H53F2N5O10S/c1-7-23(2)47(37(52)53)31-25(4)57-24(3)13-8-9-14-26-21-40(26,36(51)46-59(54,55)38(5)18-19-38)45-32(49)30-22-39(6,41(42,43)48(30)35(31)50)58-34-29-16-11-10-15-27(29)28-17-12-20-56-33(28)44-34/h9-11,14-16,23-26,30-31H,7-8,12-13,17-22H2,1-6H3,(H,45,49)(H,46,51)(H,52,53)/b14-9-/t23?,24-,25+,26-,30+,31+,39-,40-/m1/s1. The molecule has 1 unspecified atom stereocenters. The number of sulfonamides is 1. The fraction of sp³-hybridized carbons (Fsp3) is 0.634. The van der Waals surface area contributed by atoms with Crippen LogP contribution in [-0.2, 0) is 35.6 Å². The second kappa shape index (κ2) is 15.2. The number of rotatable bonds is 8. The van der Waals surface area contributed by atoms with Crippen LogP contribution in [0.15, 0.2) is 36.4 Å². The minimum absolute atomic E-state index is 0.0459. The van der Waals surface area contributed by atoms with Crippen LogP contribution in [-0.4, -0.2) is 111 Å². The average molecular weight is 846 g/mol. The summed E-state index contributed by atoms with van der Waals surface area (Å²) in [6.45, 7) is 9.25. The molecule has 0 spiro atoms. The summed E-state index contributed by atoms with van der Waals surface area (Å²) >= 11 is 0. The van der Waals surface area contributed by atoms with Gasteiger partial charge in [0.05, 0.1) is 23.6 Å². The Balaban J connectivity index is 1.35. The highest BCUT2D eigenvalue weighted by molar-refractivity contribution is 7.91. The van der Waals surface area contributed by atoms with Gasteiger partial charge in [0.1, 0.15) is 17.6 Å². The van der Waals surface area contributed by atoms with Crippen LogP contribution in [0.5, 0.6) is 11.8 Å². The SMILES string of the molecule is CCC(C)N(C(=O)O)[C@@H]1C(=O)N2[C@@H](C[C@@](C)(Oc3nc4c(c5ccccc35)CCCO4)C2(F)F)C(=O)N[C@]2(C(=O)NS(=O)(=O)C3(C)CC3)C[C@H]2/C=C\CC[C@@H](C)O[C@H]1C. The zero-order valence-corrected chi connectivity index (χ0v) is 34.9. The molecular weight excluding hydrogens is 793 g/mol. The van der Waals surface area contributed by atoms with Crippen LogP contribution in [0.3, 0.4) is 0 Å². The molecule has 15 nitrogen and oxygen atoms in total. The lowest BCUT2D eigenvalue weighted by Gasteiger charge is -2.42. The van der Waals surface area contributed by atoms with Gasteiger partial charge in [0.2, 0.25) is 27.7 Å². The molecule has 2 saturated carbocycles. The number of pyridine rings is 1. The van der Waals surface area contributed by atoms with Crippen molar-refractivity contribution in [2.45, 2.75) is 152 Å². The summed E-state index contributed by atoms with van der Waals surface area (Å²) in [5.41, 5.74) is -3.75. The topological polar surface area (TPSA) is 194 Å². The Morgan fingerprint density at radius 3 is 2.51 bits per heavy atom. The van der Waals surface area contributed by atoms with Crippen molar-refractivity contribution >= 4 is 44.6 Å². The third-order valence-electron chi connectivity index (χ3n) is 12.9. The van der Waals surface area contributed by atoms with E-state index in [4.69, 9.17) is 14.2 Å². The van der Waals surface area contributed by atoms with Gasteiger partial charge in [-0.25, -0.2) is 13.2 Å². The van der Waals surface area contributed by atoms with E-state index >= 15 is 13.6 Å². The van der Waals surface area contributed by atoms with Crippen molar-refractivity contribution < 1.29 is 55.7 Å². The molecule has 3 N–H and O–H groups in total. The van der Waals surface area contributed by atoms with Gasteiger partial charge in [0.25, 0.3) is 11.8 Å². The number of hydrogen-bond donors (Lipinski definition) is 3. The van der Waals surface area contributed by atoms with Crippen LogP contribution >= 0.6 is 0 Å². The highest BCUT2D eigenvalue weighted by Gasteiger charge is 2.71. The molecule has 322 valence electrons. The van der Waals surface area contributed by atoms with Gasteiger partial charge in [0, 0.05) is 29.3 Å². The maximum atomic E-state index is 17.7. The number of fused-ring (bicyclic) bond motifs is 5. The summed E-state index contributed by atoms with van der Waals surface area (Å²) in [6.07, 6.45) is 2.11. The van der Waals surface area contributed by atoms with Crippen LogP contribution in [0.25, 0.3) is 10.8 Å². The molecule has 7 rings (SSSR count). The molecule has 0 radical (unpaired) electrons. The number of hydrogen-bond acceptors (Lipinski definition) is 10. The maximum Gasteiger partial charge on any atom is 0.408 e. The summed E-state index contributed by atoms with van der Waals surface area (Å²) in [7, 11) is -4.18. The van der Waals surface area contributed by atoms with Crippen molar-refractivity contribution in [3.63, 3.8) is 0 Å². The molecule has 1 aromatic carbocycles. The number of carbonyl (C=O) groups is 4. The largest absolute Gasteiger partial charge is 0.477 e. The molecule has 0 bridgehead atoms. The predicted octanol–water partition coefficient (Wildman–Crippen LogP) is 5.06. The molecule has 2 aliphatic carbocycles. The summed E-state index contributed by atoms with van der Waals surface area (Å²) in [6, 6.07) is -2.16. The molecule has 59 heavy (non-hydrogen) atoms. The summed E-state index contributed by atoms with van der Waals surface area (Å²) < 4.78 is 81.2. The van der Waals surface area contributed by atoms with Gasteiger partial charge in [-0.2, -0.15) is 13.8 Å². The molecular formula is C41H53F2N5O10S. The molecule has 3 aliphatic heterocycles. The molecule has 1 aromatic heterocycles. The van der Waals surface area contributed by atoms with E-state index in [1.165, 1.54) is 20.8 Å². The Bertz CT molecular complexity index is 2190. The van der Waals surface area contributed by atoms with Gasteiger partial charge in [-0.1, -0.05) is 37.3 Å². The highest BCUT2D eigenvalue weighted by Crippen LogP contribution is 2.52. The van der Waals surface area contributed by atoms with Crippen LogP contribution in [0, 0.1) is 5.92 Å². The quantitative estimate of drug-likeness (QED) is 0.238. The van der Waals surface area contributed by atoms with Crippen molar-refractivity contribution in [1.29, 1.82) is 0 Å². The van der Waals surface area contributed by atoms with E-state index in [0.29, 0.717) is 49.5 Å². The minimum Gasteiger partial charge on any atom is -0.477 e. The number of nitrogens with one attached hydrogen (secondary N) is 2. The number of allylic oxidation sites excluding steroid dienone is 1. The molecule has 8 atom stereocenters. The Morgan fingerprint density at radius 2 is 1.85 bits per heavy atom. The summed E-state index contributed by atoms with van der Waals surface area (Å²) in [5.74, 6) is -4.36. The zero-order chi connectivity index (χ0) is 42.9. The summed E-state index contributed by atoms with van der Waals surface area (Å²) in [4.78, 5) is 62.1. The smallest absolute Gasteiger partial charge is 0.408 e. The highest BCUT2D eigenvalue weighted by atomic mass is 32.2. The Kier molecular flexibility index (Phi) is 10.9. The van der Waals surface area contributed by atoms with Crippen molar-refractivity contribution in [2.24, 2.45) is 5.92 Å². The van der Waals surface area contributed by atoms with Gasteiger partial charge in [-0.3, -0.25) is 28.9 Å². The minimum atomic E-state index is -4.33. The van der Waals surface area contributed by atoms with Crippen LogP contribution in [0.1, 0.15) is 98.5 Å². The number of carboxylic acid groups (broad SMARTS) is 1. The molecule has 1 saturated heterocycles. The normalized spacial score (nSPS) is 32.4. The van der Waals surface area contributed by atoms with E-state index in [1.807, 2.05) is 0 Å². The lowest BCUT2D eigenvalue weighted by Crippen LogP contribution is -2.65. The Hall–Kier alpha value is -4.58. The number of aryl methyl sites for hydroxylation is 1. The first-order chi connectivity index (χ1) is 27.7. The lowest BCUT2D eigenvalue weighted by molar-refractivity contribution is -0.220. The first-order valence-electron chi connectivity index (χ1n) is 20.4. The van der Waals surface area contributed by atoms with E-state index in [0.717, 1.165) is 23.8 Å². The van der Waals surface area contributed by atoms with Gasteiger partial charge < -0.3 is 24.6 Å². The fourth-order valence-corrected chi connectivity index (χ4v) is 9.92. The zero-order valence-electron chi connectivity index (χ0n) is 34.1. The maximum absolute atomic E-state index is 17.7. The molecule has 5 aliphatic rings. The summed E-state index contributed by atoms with van der Waals surface area (Å²) in [5, 5.41) is 14.2. The van der Waals surface area contributed by atoms with E-state index in [1.54, 1.807) is 50.3 Å². The van der Waals surface area contributed by atoms with Gasteiger partial charge >= 0.3 is 12.1 Å². The van der Waals surface area contributed by atoms with Crippen LogP contribution in [0.4, 0.5) is 13.6 Å². The number of amides is 4. The second-order valence-corrected chi connectivity index (χ2v) is 19.4. The van der Waals surface area contributed by atoms with E-state index in [9.17, 15) is 27.9 Å². The molecule has 3 fully saturated rings. The van der Waals surface area contributed by atoms with Crippen molar-refractivity contribution in [3.8, 4) is 11.8 Å². The second-order valence-electron chi connectivity index (χ2n) is 17.2. The molecule has 4 amide bonds. The first kappa shape index (κ1) is 42.5. The first-order valence-corrected chi connectivity index (χ1v) is 21.8. The fourth-order valence-electron chi connectivity index (χ4n) is 8.61. The number of carbonyl (C=O) groups excluding carboxylic acids is 3. The van der Waals surface area contributed by atoms with Gasteiger partial charge in [-0.15, -0.1) is 0 Å². The average Bonchev–Trinajstić information content (AvgIpc) is 4.09. The monoisotopic (exact) mass is 845 g/mol. The third kappa shape index (κ3) is 7.37. The van der Waals surface area contributed by atoms with E-state index in [-0.39, 0.29) is 29.5 Å². The number of ether oxygens (including phenoxy) is 3. The predicted molar refractivity (Wildman–Crippen MR) is 210 cm³/mol. The van der Waals surface area contributed by atoms with E-state index < -0.39 is 98.4 Å². The van der Waals surface area contributed by atoms with Gasteiger partial charge in [0.15, 0.2) is 5.60 Å². The third-order valence-corrected chi connectivity index (χ3v) is 15.0.